The molecule has 1 aliphatic rings. The second kappa shape index (κ2) is 6.09. The topological polar surface area (TPSA) is 49.4 Å². The predicted octanol–water partition coefficient (Wildman–Crippen LogP) is 2.27. The van der Waals surface area contributed by atoms with Crippen molar-refractivity contribution < 1.29 is 12.8 Å². The van der Waals surface area contributed by atoms with Crippen LogP contribution in [0.15, 0.2) is 21.5 Å². The molecule has 0 spiro atoms. The fourth-order valence-electron chi connectivity index (χ4n) is 2.60. The average Bonchev–Trinajstić information content (AvgIpc) is 2.83. The Morgan fingerprint density at radius 2 is 2.20 bits per heavy atom. The van der Waals surface area contributed by atoms with Crippen LogP contribution in [-0.4, -0.2) is 38.9 Å². The summed E-state index contributed by atoms with van der Waals surface area (Å²) in [6.07, 6.45) is 1.70. The van der Waals surface area contributed by atoms with E-state index in [4.69, 9.17) is 0 Å². The van der Waals surface area contributed by atoms with Gasteiger partial charge in [0.1, 0.15) is 5.82 Å². The molecule has 1 aliphatic heterocycles. The van der Waals surface area contributed by atoms with Gasteiger partial charge in [0.15, 0.2) is 0 Å². The second-order valence-electron chi connectivity index (χ2n) is 5.00. The summed E-state index contributed by atoms with van der Waals surface area (Å²) in [7, 11) is -1.77. The van der Waals surface area contributed by atoms with Crippen LogP contribution in [0.1, 0.15) is 18.4 Å². The van der Waals surface area contributed by atoms with E-state index in [-0.39, 0.29) is 15.4 Å². The van der Waals surface area contributed by atoms with Crippen molar-refractivity contribution in [2.45, 2.75) is 30.7 Å². The first-order chi connectivity index (χ1) is 9.37. The number of hydrogen-bond acceptors (Lipinski definition) is 3. The van der Waals surface area contributed by atoms with Crippen LogP contribution in [0.5, 0.6) is 0 Å². The molecule has 1 heterocycles. The Kier molecular flexibility index (Phi) is 4.84. The Morgan fingerprint density at radius 1 is 1.50 bits per heavy atom. The molecule has 1 fully saturated rings. The minimum atomic E-state index is -3.58. The SMILES string of the molecule is CNCC1CCCN1S(=O)(=O)c1cc(Br)c(F)cc1C. The number of benzene rings is 1. The van der Waals surface area contributed by atoms with Gasteiger partial charge in [0, 0.05) is 19.1 Å². The maximum Gasteiger partial charge on any atom is 0.243 e. The maximum absolute atomic E-state index is 13.5. The molecular weight excluding hydrogens is 347 g/mol. The van der Waals surface area contributed by atoms with Gasteiger partial charge in [-0.15, -0.1) is 0 Å². The van der Waals surface area contributed by atoms with Gasteiger partial charge in [-0.05, 0) is 60.4 Å². The zero-order valence-corrected chi connectivity index (χ0v) is 13.9. The van der Waals surface area contributed by atoms with Crippen molar-refractivity contribution in [3.63, 3.8) is 0 Å². The molecule has 1 N–H and O–H groups in total. The van der Waals surface area contributed by atoms with E-state index in [1.54, 1.807) is 6.92 Å². The number of rotatable bonds is 4. The average molecular weight is 365 g/mol. The highest BCUT2D eigenvalue weighted by Gasteiger charge is 2.35. The third-order valence-corrected chi connectivity index (χ3v) is 6.27. The zero-order chi connectivity index (χ0) is 14.9. The first kappa shape index (κ1) is 15.9. The summed E-state index contributed by atoms with van der Waals surface area (Å²) in [6, 6.07) is 2.57. The van der Waals surface area contributed by atoms with Gasteiger partial charge in [-0.1, -0.05) is 0 Å². The second-order valence-corrected chi connectivity index (χ2v) is 7.71. The van der Waals surface area contributed by atoms with E-state index in [9.17, 15) is 12.8 Å². The van der Waals surface area contributed by atoms with Crippen LogP contribution < -0.4 is 5.32 Å². The molecule has 1 atom stereocenters. The highest BCUT2D eigenvalue weighted by Crippen LogP contribution is 2.30. The van der Waals surface area contributed by atoms with Crippen molar-refractivity contribution in [3.05, 3.63) is 28.0 Å². The predicted molar refractivity (Wildman–Crippen MR) is 79.7 cm³/mol. The van der Waals surface area contributed by atoms with Crippen molar-refractivity contribution in [1.29, 1.82) is 0 Å². The van der Waals surface area contributed by atoms with Crippen LogP contribution in [0.2, 0.25) is 0 Å². The lowest BCUT2D eigenvalue weighted by Gasteiger charge is -2.24. The van der Waals surface area contributed by atoms with Gasteiger partial charge in [0.2, 0.25) is 10.0 Å². The molecule has 0 saturated carbocycles. The minimum absolute atomic E-state index is 0.0340. The number of aryl methyl sites for hydroxylation is 1. The zero-order valence-electron chi connectivity index (χ0n) is 11.5. The molecular formula is C13H18BrFN2O2S. The van der Waals surface area contributed by atoms with E-state index in [1.165, 1.54) is 16.4 Å². The third kappa shape index (κ3) is 2.90. The molecule has 2 rings (SSSR count). The van der Waals surface area contributed by atoms with Gasteiger partial charge in [-0.3, -0.25) is 0 Å². The maximum atomic E-state index is 13.5. The van der Waals surface area contributed by atoms with E-state index in [1.807, 2.05) is 7.05 Å². The molecule has 0 aromatic heterocycles. The third-order valence-electron chi connectivity index (χ3n) is 3.57. The smallest absolute Gasteiger partial charge is 0.243 e. The molecule has 0 amide bonds. The number of nitrogens with one attached hydrogen (secondary N) is 1. The van der Waals surface area contributed by atoms with Gasteiger partial charge in [0.25, 0.3) is 0 Å². The highest BCUT2D eigenvalue weighted by atomic mass is 79.9. The van der Waals surface area contributed by atoms with E-state index in [2.05, 4.69) is 21.2 Å². The van der Waals surface area contributed by atoms with Gasteiger partial charge in [-0.25, -0.2) is 12.8 Å². The Hall–Kier alpha value is -0.500. The molecule has 1 unspecified atom stereocenters. The first-order valence-electron chi connectivity index (χ1n) is 6.50. The van der Waals surface area contributed by atoms with Crippen molar-refractivity contribution >= 4 is 26.0 Å². The van der Waals surface area contributed by atoms with Gasteiger partial charge in [-0.2, -0.15) is 4.31 Å². The fourth-order valence-corrected chi connectivity index (χ4v) is 5.02. The molecule has 1 aromatic carbocycles. The summed E-state index contributed by atoms with van der Waals surface area (Å²) >= 11 is 3.06. The molecule has 4 nitrogen and oxygen atoms in total. The van der Waals surface area contributed by atoms with Gasteiger partial charge < -0.3 is 5.32 Å². The van der Waals surface area contributed by atoms with Crippen molar-refractivity contribution in [3.8, 4) is 0 Å². The molecule has 20 heavy (non-hydrogen) atoms. The van der Waals surface area contributed by atoms with Crippen molar-refractivity contribution in [2.75, 3.05) is 20.1 Å². The summed E-state index contributed by atoms with van der Waals surface area (Å²) < 4.78 is 40.7. The Labute approximate surface area is 127 Å². The standard InChI is InChI=1S/C13H18BrFN2O2S/c1-9-6-12(15)11(14)7-13(9)20(18,19)17-5-3-4-10(17)8-16-2/h6-7,10,16H,3-5,8H2,1-2H3. The van der Waals surface area contributed by atoms with E-state index < -0.39 is 15.8 Å². The lowest BCUT2D eigenvalue weighted by atomic mass is 10.2. The highest BCUT2D eigenvalue weighted by molar-refractivity contribution is 9.10. The quantitative estimate of drug-likeness (QED) is 0.891. The fraction of sp³-hybridized carbons (Fsp3) is 0.538. The molecule has 0 aliphatic carbocycles. The van der Waals surface area contributed by atoms with Gasteiger partial charge in [0.05, 0.1) is 9.37 Å². The lowest BCUT2D eigenvalue weighted by molar-refractivity contribution is 0.379. The van der Waals surface area contributed by atoms with Crippen LogP contribution in [-0.2, 0) is 10.0 Å². The summed E-state index contributed by atoms with van der Waals surface area (Å²) in [5.41, 5.74) is 0.431. The summed E-state index contributed by atoms with van der Waals surface area (Å²) in [4.78, 5) is 0.175. The molecule has 1 aromatic rings. The number of halogens is 2. The normalized spacial score (nSPS) is 20.5. The molecule has 0 bridgehead atoms. The van der Waals surface area contributed by atoms with E-state index in [0.29, 0.717) is 18.7 Å². The monoisotopic (exact) mass is 364 g/mol. The molecule has 0 radical (unpaired) electrons. The van der Waals surface area contributed by atoms with E-state index in [0.717, 1.165) is 12.8 Å². The number of nitrogens with zero attached hydrogens (tertiary/aromatic N) is 1. The number of hydrogen-bond donors (Lipinski definition) is 1. The van der Waals surface area contributed by atoms with Crippen molar-refractivity contribution in [2.24, 2.45) is 0 Å². The molecule has 1 saturated heterocycles. The van der Waals surface area contributed by atoms with Gasteiger partial charge >= 0.3 is 0 Å². The van der Waals surface area contributed by atoms with Crippen molar-refractivity contribution in [1.82, 2.24) is 9.62 Å². The first-order valence-corrected chi connectivity index (χ1v) is 8.73. The van der Waals surface area contributed by atoms with Crippen LogP contribution in [0.4, 0.5) is 4.39 Å². The summed E-state index contributed by atoms with van der Waals surface area (Å²) in [5.74, 6) is -0.449. The van der Waals surface area contributed by atoms with Crippen LogP contribution in [0.25, 0.3) is 0 Å². The lowest BCUT2D eigenvalue weighted by Crippen LogP contribution is -2.41. The van der Waals surface area contributed by atoms with Crippen LogP contribution in [0.3, 0.4) is 0 Å². The Balaban J connectivity index is 2.42. The van der Waals surface area contributed by atoms with Crippen LogP contribution in [0, 0.1) is 12.7 Å². The molecule has 112 valence electrons. The Morgan fingerprint density at radius 3 is 2.85 bits per heavy atom. The van der Waals surface area contributed by atoms with Crippen LogP contribution >= 0.6 is 15.9 Å². The largest absolute Gasteiger partial charge is 0.318 e. The molecule has 7 heteroatoms. The van der Waals surface area contributed by atoms with E-state index >= 15 is 0 Å². The number of sulfonamides is 1. The Bertz CT molecular complexity index is 607. The minimum Gasteiger partial charge on any atom is -0.318 e. The number of likely N-dealkylation sites (N-methyl/N-ethyl adjacent to an activating group) is 1. The summed E-state index contributed by atoms with van der Waals surface area (Å²) in [6.45, 7) is 2.76. The summed E-state index contributed by atoms with van der Waals surface area (Å²) in [5, 5.41) is 3.02.